The molecular formula is C27H32FN3O3. The summed E-state index contributed by atoms with van der Waals surface area (Å²) in [6.45, 7) is 5.30. The molecule has 0 saturated carbocycles. The Hall–Kier alpha value is -3.22. The Balaban J connectivity index is 1.32. The molecule has 2 heterocycles. The lowest BCUT2D eigenvalue weighted by molar-refractivity contribution is -0.140. The van der Waals surface area contributed by atoms with E-state index in [1.807, 2.05) is 41.0 Å². The number of amides is 3. The van der Waals surface area contributed by atoms with Crippen molar-refractivity contribution in [3.05, 3.63) is 71.0 Å². The first kappa shape index (κ1) is 23.9. The quantitative estimate of drug-likeness (QED) is 0.696. The molecule has 1 unspecified atom stereocenters. The molecule has 34 heavy (non-hydrogen) atoms. The first-order valence-electron chi connectivity index (χ1n) is 12.1. The Bertz CT molecular complexity index is 1040. The molecule has 0 aromatic heterocycles. The lowest BCUT2D eigenvalue weighted by Crippen LogP contribution is -2.48. The molecule has 2 aromatic rings. The molecule has 0 radical (unpaired) electrons. The van der Waals surface area contributed by atoms with Crippen molar-refractivity contribution in [1.82, 2.24) is 14.7 Å². The van der Waals surface area contributed by atoms with E-state index < -0.39 is 0 Å². The number of nitrogens with zero attached hydrogens (tertiary/aromatic N) is 3. The zero-order chi connectivity index (χ0) is 24.1. The molecule has 4 rings (SSSR count). The minimum atomic E-state index is -0.323. The van der Waals surface area contributed by atoms with Crippen LogP contribution in [0.3, 0.4) is 0 Å². The molecule has 0 spiro atoms. The molecule has 180 valence electrons. The number of carbonyl (C=O) groups is 3. The van der Waals surface area contributed by atoms with Crippen LogP contribution < -0.4 is 0 Å². The second-order valence-electron chi connectivity index (χ2n) is 9.32. The Kier molecular flexibility index (Phi) is 7.60. The summed E-state index contributed by atoms with van der Waals surface area (Å²) in [5.74, 6) is -0.492. The normalized spacial score (nSPS) is 19.0. The number of halogens is 1. The van der Waals surface area contributed by atoms with E-state index >= 15 is 0 Å². The number of hydrogen-bond donors (Lipinski definition) is 0. The second-order valence-corrected chi connectivity index (χ2v) is 9.32. The third-order valence-electron chi connectivity index (χ3n) is 6.75. The SMILES string of the molecule is Cc1cccc(C(=O)N2CCCN(C(=O)C3CCCN(C(=O)Cc4ccc(F)cc4)C3)CC2)c1. The van der Waals surface area contributed by atoms with Gasteiger partial charge in [0.2, 0.25) is 11.8 Å². The highest BCUT2D eigenvalue weighted by Gasteiger charge is 2.32. The number of rotatable bonds is 4. The molecule has 2 aliphatic rings. The Morgan fingerprint density at radius 3 is 2.35 bits per heavy atom. The zero-order valence-corrected chi connectivity index (χ0v) is 19.7. The first-order valence-corrected chi connectivity index (χ1v) is 12.1. The van der Waals surface area contributed by atoms with E-state index in [-0.39, 0.29) is 35.9 Å². The highest BCUT2D eigenvalue weighted by atomic mass is 19.1. The van der Waals surface area contributed by atoms with Crippen LogP contribution in [0.4, 0.5) is 4.39 Å². The van der Waals surface area contributed by atoms with Crippen molar-refractivity contribution in [2.45, 2.75) is 32.6 Å². The van der Waals surface area contributed by atoms with Crippen molar-refractivity contribution in [1.29, 1.82) is 0 Å². The van der Waals surface area contributed by atoms with Gasteiger partial charge in [-0.15, -0.1) is 0 Å². The van der Waals surface area contributed by atoms with Crippen LogP contribution in [0.1, 0.15) is 40.7 Å². The molecule has 0 bridgehead atoms. The maximum atomic E-state index is 13.3. The number of piperidine rings is 1. The first-order chi connectivity index (χ1) is 16.4. The van der Waals surface area contributed by atoms with E-state index in [9.17, 15) is 18.8 Å². The summed E-state index contributed by atoms with van der Waals surface area (Å²) in [5, 5.41) is 0. The van der Waals surface area contributed by atoms with Crippen LogP contribution in [0.5, 0.6) is 0 Å². The van der Waals surface area contributed by atoms with Gasteiger partial charge in [0.15, 0.2) is 0 Å². The highest BCUT2D eigenvalue weighted by molar-refractivity contribution is 5.94. The Morgan fingerprint density at radius 1 is 0.882 bits per heavy atom. The number of likely N-dealkylation sites (tertiary alicyclic amines) is 1. The Morgan fingerprint density at radius 2 is 1.59 bits per heavy atom. The third kappa shape index (κ3) is 5.82. The smallest absolute Gasteiger partial charge is 0.253 e. The van der Waals surface area contributed by atoms with Gasteiger partial charge in [-0.1, -0.05) is 29.8 Å². The predicted molar refractivity (Wildman–Crippen MR) is 128 cm³/mol. The van der Waals surface area contributed by atoms with Crippen molar-refractivity contribution in [2.24, 2.45) is 5.92 Å². The largest absolute Gasteiger partial charge is 0.342 e. The lowest BCUT2D eigenvalue weighted by Gasteiger charge is -2.35. The maximum absolute atomic E-state index is 13.3. The van der Waals surface area contributed by atoms with Crippen LogP contribution in [0.15, 0.2) is 48.5 Å². The van der Waals surface area contributed by atoms with Gasteiger partial charge in [0.05, 0.1) is 12.3 Å². The number of aryl methyl sites for hydroxylation is 1. The van der Waals surface area contributed by atoms with Gasteiger partial charge in [-0.05, 0) is 56.0 Å². The number of benzene rings is 2. The molecule has 3 amide bonds. The van der Waals surface area contributed by atoms with Gasteiger partial charge >= 0.3 is 0 Å². The molecule has 2 fully saturated rings. The van der Waals surface area contributed by atoms with Crippen LogP contribution in [-0.2, 0) is 16.0 Å². The maximum Gasteiger partial charge on any atom is 0.253 e. The molecule has 1 atom stereocenters. The van der Waals surface area contributed by atoms with E-state index in [0.717, 1.165) is 30.4 Å². The summed E-state index contributed by atoms with van der Waals surface area (Å²) in [7, 11) is 0. The van der Waals surface area contributed by atoms with Gasteiger partial charge in [0.1, 0.15) is 5.82 Å². The van der Waals surface area contributed by atoms with Crippen LogP contribution >= 0.6 is 0 Å². The Labute approximate surface area is 200 Å². The van der Waals surface area contributed by atoms with E-state index in [0.29, 0.717) is 44.8 Å². The van der Waals surface area contributed by atoms with E-state index in [4.69, 9.17) is 0 Å². The molecule has 2 aliphatic heterocycles. The zero-order valence-electron chi connectivity index (χ0n) is 19.7. The van der Waals surface area contributed by atoms with Crippen LogP contribution in [0.2, 0.25) is 0 Å². The average molecular weight is 466 g/mol. The highest BCUT2D eigenvalue weighted by Crippen LogP contribution is 2.21. The monoisotopic (exact) mass is 465 g/mol. The average Bonchev–Trinajstić information content (AvgIpc) is 3.11. The summed E-state index contributed by atoms with van der Waals surface area (Å²) < 4.78 is 13.1. The summed E-state index contributed by atoms with van der Waals surface area (Å²) in [6, 6.07) is 13.6. The van der Waals surface area contributed by atoms with Gasteiger partial charge in [-0.25, -0.2) is 4.39 Å². The van der Waals surface area contributed by atoms with Gasteiger partial charge in [-0.3, -0.25) is 14.4 Å². The van der Waals surface area contributed by atoms with Crippen LogP contribution in [0.25, 0.3) is 0 Å². The molecular weight excluding hydrogens is 433 g/mol. The topological polar surface area (TPSA) is 60.9 Å². The molecule has 6 nitrogen and oxygen atoms in total. The van der Waals surface area contributed by atoms with E-state index in [1.165, 1.54) is 12.1 Å². The summed E-state index contributed by atoms with van der Waals surface area (Å²) in [5.41, 5.74) is 2.50. The van der Waals surface area contributed by atoms with Crippen molar-refractivity contribution in [2.75, 3.05) is 39.3 Å². The molecule has 0 aliphatic carbocycles. The lowest BCUT2D eigenvalue weighted by atomic mass is 9.95. The summed E-state index contributed by atoms with van der Waals surface area (Å²) in [4.78, 5) is 44.5. The fourth-order valence-electron chi connectivity index (χ4n) is 4.85. The summed E-state index contributed by atoms with van der Waals surface area (Å²) in [6.07, 6.45) is 2.50. The fraction of sp³-hybridized carbons (Fsp3) is 0.444. The van der Waals surface area contributed by atoms with Gasteiger partial charge in [0, 0.05) is 44.8 Å². The van der Waals surface area contributed by atoms with E-state index in [2.05, 4.69) is 0 Å². The fourth-order valence-corrected chi connectivity index (χ4v) is 4.85. The molecule has 2 saturated heterocycles. The number of carbonyl (C=O) groups excluding carboxylic acids is 3. The number of hydrogen-bond acceptors (Lipinski definition) is 3. The summed E-state index contributed by atoms with van der Waals surface area (Å²) >= 11 is 0. The third-order valence-corrected chi connectivity index (χ3v) is 6.75. The molecule has 0 N–H and O–H groups in total. The van der Waals surface area contributed by atoms with Gasteiger partial charge in [-0.2, -0.15) is 0 Å². The van der Waals surface area contributed by atoms with Crippen molar-refractivity contribution >= 4 is 17.7 Å². The minimum absolute atomic E-state index is 0.00762. The standard InChI is InChI=1S/C27H32FN3O3/c1-20-5-2-6-22(17-20)26(33)29-13-4-14-30(16-15-29)27(34)23-7-3-12-31(19-23)25(32)18-21-8-10-24(28)11-9-21/h2,5-6,8-11,17,23H,3-4,7,12-16,18-19H2,1H3. The van der Waals surface area contributed by atoms with Gasteiger partial charge < -0.3 is 14.7 Å². The second kappa shape index (κ2) is 10.8. The van der Waals surface area contributed by atoms with E-state index in [1.54, 1.807) is 17.0 Å². The van der Waals surface area contributed by atoms with Crippen molar-refractivity contribution in [3.63, 3.8) is 0 Å². The van der Waals surface area contributed by atoms with Crippen molar-refractivity contribution < 1.29 is 18.8 Å². The van der Waals surface area contributed by atoms with Gasteiger partial charge in [0.25, 0.3) is 5.91 Å². The molecule has 2 aromatic carbocycles. The van der Waals surface area contributed by atoms with Crippen LogP contribution in [0, 0.1) is 18.7 Å². The minimum Gasteiger partial charge on any atom is -0.342 e. The van der Waals surface area contributed by atoms with Crippen molar-refractivity contribution in [3.8, 4) is 0 Å². The predicted octanol–water partition coefficient (Wildman–Crippen LogP) is 3.29. The molecule has 7 heteroatoms. The van der Waals surface area contributed by atoms with Crippen LogP contribution in [-0.4, -0.2) is 71.7 Å².